The van der Waals surface area contributed by atoms with Gasteiger partial charge >= 0.3 is 0 Å². The third kappa shape index (κ3) is 6.04. The van der Waals surface area contributed by atoms with Gasteiger partial charge in [-0.2, -0.15) is 0 Å². The molecule has 1 fully saturated rings. The van der Waals surface area contributed by atoms with E-state index in [0.29, 0.717) is 11.4 Å². The van der Waals surface area contributed by atoms with E-state index in [0.717, 1.165) is 36.8 Å². The van der Waals surface area contributed by atoms with Gasteiger partial charge in [-0.15, -0.1) is 0 Å². The van der Waals surface area contributed by atoms with Gasteiger partial charge in [-0.05, 0) is 66.4 Å². The van der Waals surface area contributed by atoms with E-state index < -0.39 is 5.82 Å². The van der Waals surface area contributed by atoms with Gasteiger partial charge in [-0.25, -0.2) is 8.78 Å². The zero-order valence-electron chi connectivity index (χ0n) is 18.3. The Morgan fingerprint density at radius 3 is 2.18 bits per heavy atom. The molecule has 0 unspecified atom stereocenters. The normalized spacial score (nSPS) is 13.6. The Kier molecular flexibility index (Phi) is 7.13. The molecule has 0 spiro atoms. The lowest BCUT2D eigenvalue weighted by Gasteiger charge is -2.26. The predicted molar refractivity (Wildman–Crippen MR) is 125 cm³/mol. The van der Waals surface area contributed by atoms with Gasteiger partial charge in [0.15, 0.2) is 0 Å². The fourth-order valence-electron chi connectivity index (χ4n) is 4.26. The maximum atomic E-state index is 13.7. The van der Waals surface area contributed by atoms with Crippen LogP contribution in [0.5, 0.6) is 0 Å². The van der Waals surface area contributed by atoms with Gasteiger partial charge in [0.05, 0.1) is 13.0 Å². The largest absolute Gasteiger partial charge is 0.326 e. The zero-order chi connectivity index (χ0) is 23.2. The van der Waals surface area contributed by atoms with E-state index in [1.54, 1.807) is 29.2 Å². The Labute approximate surface area is 192 Å². The smallest absolute Gasteiger partial charge is 0.230 e. The number of amides is 2. The minimum absolute atomic E-state index is 0.0183. The fraction of sp³-hybridized carbons (Fsp3) is 0.259. The summed E-state index contributed by atoms with van der Waals surface area (Å²) in [5, 5.41) is 2.68. The second kappa shape index (κ2) is 10.4. The van der Waals surface area contributed by atoms with Crippen LogP contribution in [0.1, 0.15) is 36.8 Å². The molecule has 0 saturated heterocycles. The SMILES string of the molecule is O=C(Cc1ccc(N(Cc2cccc(F)c2)C(=O)C2CCCC2)cc1)Nc1cccc(F)c1. The summed E-state index contributed by atoms with van der Waals surface area (Å²) in [6.45, 7) is 0.284. The van der Waals surface area contributed by atoms with Gasteiger partial charge in [0.2, 0.25) is 11.8 Å². The fourth-order valence-corrected chi connectivity index (χ4v) is 4.26. The second-order valence-corrected chi connectivity index (χ2v) is 8.44. The number of nitrogens with zero attached hydrogens (tertiary/aromatic N) is 1. The van der Waals surface area contributed by atoms with Crippen molar-refractivity contribution in [3.63, 3.8) is 0 Å². The van der Waals surface area contributed by atoms with Crippen LogP contribution in [0.4, 0.5) is 20.2 Å². The first-order valence-electron chi connectivity index (χ1n) is 11.2. The number of benzene rings is 3. The van der Waals surface area contributed by atoms with Gasteiger partial charge in [0, 0.05) is 17.3 Å². The van der Waals surface area contributed by atoms with Gasteiger partial charge in [0.25, 0.3) is 0 Å². The van der Waals surface area contributed by atoms with Crippen molar-refractivity contribution in [3.05, 3.63) is 95.6 Å². The van der Waals surface area contributed by atoms with Crippen molar-refractivity contribution in [2.45, 2.75) is 38.6 Å². The van der Waals surface area contributed by atoms with E-state index in [1.807, 2.05) is 18.2 Å². The van der Waals surface area contributed by atoms with Crippen molar-refractivity contribution < 1.29 is 18.4 Å². The van der Waals surface area contributed by atoms with Crippen LogP contribution in [0.2, 0.25) is 0 Å². The number of carbonyl (C=O) groups excluding carboxylic acids is 2. The Hall–Kier alpha value is -3.54. The van der Waals surface area contributed by atoms with Crippen LogP contribution < -0.4 is 10.2 Å². The lowest BCUT2D eigenvalue weighted by Crippen LogP contribution is -2.35. The van der Waals surface area contributed by atoms with E-state index in [4.69, 9.17) is 0 Å². The quantitative estimate of drug-likeness (QED) is 0.492. The lowest BCUT2D eigenvalue weighted by atomic mass is 10.0. The molecule has 4 nitrogen and oxygen atoms in total. The van der Waals surface area contributed by atoms with Crippen molar-refractivity contribution in [2.24, 2.45) is 5.92 Å². The standard InChI is InChI=1S/C27H26F2N2O2/c28-22-8-3-5-20(15-22)18-31(27(33)21-6-1-2-7-21)25-13-11-19(12-14-25)16-26(32)30-24-10-4-9-23(29)17-24/h3-5,8-15,17,21H,1-2,6-7,16,18H2,(H,30,32). The van der Waals surface area contributed by atoms with Crippen LogP contribution in [0.25, 0.3) is 0 Å². The minimum Gasteiger partial charge on any atom is -0.326 e. The zero-order valence-corrected chi connectivity index (χ0v) is 18.3. The minimum atomic E-state index is -0.414. The molecule has 6 heteroatoms. The lowest BCUT2D eigenvalue weighted by molar-refractivity contribution is -0.122. The van der Waals surface area contributed by atoms with E-state index >= 15 is 0 Å². The number of hydrogen-bond donors (Lipinski definition) is 1. The van der Waals surface area contributed by atoms with Gasteiger partial charge < -0.3 is 10.2 Å². The van der Waals surface area contributed by atoms with E-state index in [-0.39, 0.29) is 36.5 Å². The number of hydrogen-bond acceptors (Lipinski definition) is 2. The molecule has 1 saturated carbocycles. The Bertz CT molecular complexity index is 1120. The van der Waals surface area contributed by atoms with Crippen LogP contribution >= 0.6 is 0 Å². The summed E-state index contributed by atoms with van der Waals surface area (Å²) in [6, 6.07) is 19.3. The molecule has 3 aromatic rings. The average Bonchev–Trinajstić information content (AvgIpc) is 3.33. The average molecular weight is 449 g/mol. The summed E-state index contributed by atoms with van der Waals surface area (Å²) >= 11 is 0. The number of anilines is 2. The summed E-state index contributed by atoms with van der Waals surface area (Å²) in [5.74, 6) is -0.974. The Balaban J connectivity index is 1.48. The third-order valence-electron chi connectivity index (χ3n) is 5.92. The van der Waals surface area contributed by atoms with Crippen molar-refractivity contribution in [2.75, 3.05) is 10.2 Å². The van der Waals surface area contributed by atoms with Crippen LogP contribution in [0.15, 0.2) is 72.8 Å². The van der Waals surface area contributed by atoms with Crippen LogP contribution in [0.3, 0.4) is 0 Å². The van der Waals surface area contributed by atoms with Crippen molar-refractivity contribution in [1.29, 1.82) is 0 Å². The maximum Gasteiger partial charge on any atom is 0.230 e. The first-order valence-corrected chi connectivity index (χ1v) is 11.2. The monoisotopic (exact) mass is 448 g/mol. The molecule has 170 valence electrons. The molecule has 1 aliphatic rings. The third-order valence-corrected chi connectivity index (χ3v) is 5.92. The molecule has 0 heterocycles. The van der Waals surface area contributed by atoms with Crippen molar-refractivity contribution in [3.8, 4) is 0 Å². The highest BCUT2D eigenvalue weighted by Gasteiger charge is 2.28. The molecule has 0 radical (unpaired) electrons. The molecule has 4 rings (SSSR count). The van der Waals surface area contributed by atoms with Crippen LogP contribution in [0, 0.1) is 17.6 Å². The first-order chi connectivity index (χ1) is 16.0. The molecule has 0 bridgehead atoms. The summed E-state index contributed by atoms with van der Waals surface area (Å²) in [7, 11) is 0. The summed E-state index contributed by atoms with van der Waals surface area (Å²) < 4.78 is 27.0. The summed E-state index contributed by atoms with van der Waals surface area (Å²) in [6.07, 6.45) is 3.96. The molecule has 0 atom stereocenters. The van der Waals surface area contributed by atoms with E-state index in [9.17, 15) is 18.4 Å². The molecule has 0 aliphatic heterocycles. The molecule has 33 heavy (non-hydrogen) atoms. The molecular formula is C27H26F2N2O2. The van der Waals surface area contributed by atoms with Gasteiger partial charge in [-0.1, -0.05) is 43.2 Å². The Morgan fingerprint density at radius 2 is 1.52 bits per heavy atom. The van der Waals surface area contributed by atoms with E-state index in [2.05, 4.69) is 5.32 Å². The van der Waals surface area contributed by atoms with Gasteiger partial charge in [0.1, 0.15) is 11.6 Å². The highest BCUT2D eigenvalue weighted by Crippen LogP contribution is 2.30. The van der Waals surface area contributed by atoms with Crippen LogP contribution in [-0.2, 0) is 22.6 Å². The second-order valence-electron chi connectivity index (χ2n) is 8.44. The molecule has 2 amide bonds. The number of rotatable bonds is 7. The number of nitrogens with one attached hydrogen (secondary N) is 1. The van der Waals surface area contributed by atoms with Crippen LogP contribution in [-0.4, -0.2) is 11.8 Å². The van der Waals surface area contributed by atoms with Crippen molar-refractivity contribution >= 4 is 23.2 Å². The molecule has 3 aromatic carbocycles. The van der Waals surface area contributed by atoms with E-state index in [1.165, 1.54) is 30.3 Å². The Morgan fingerprint density at radius 1 is 0.848 bits per heavy atom. The van der Waals surface area contributed by atoms with Crippen molar-refractivity contribution in [1.82, 2.24) is 0 Å². The maximum absolute atomic E-state index is 13.7. The molecule has 1 N–H and O–H groups in total. The summed E-state index contributed by atoms with van der Waals surface area (Å²) in [5.41, 5.74) is 2.61. The summed E-state index contributed by atoms with van der Waals surface area (Å²) in [4.78, 5) is 27.3. The first kappa shape index (κ1) is 22.6. The number of halogens is 2. The highest BCUT2D eigenvalue weighted by molar-refractivity contribution is 5.95. The topological polar surface area (TPSA) is 49.4 Å². The molecular weight excluding hydrogens is 422 g/mol. The molecule has 1 aliphatic carbocycles. The highest BCUT2D eigenvalue weighted by atomic mass is 19.1. The number of carbonyl (C=O) groups is 2. The predicted octanol–water partition coefficient (Wildman–Crippen LogP) is 5.87. The van der Waals surface area contributed by atoms with Gasteiger partial charge in [-0.3, -0.25) is 9.59 Å². The molecule has 0 aromatic heterocycles.